The van der Waals surface area contributed by atoms with E-state index in [1.807, 2.05) is 19.2 Å². The van der Waals surface area contributed by atoms with Gasteiger partial charge in [0.2, 0.25) is 0 Å². The molecule has 2 N–H and O–H groups in total. The predicted molar refractivity (Wildman–Crippen MR) is 72.2 cm³/mol. The van der Waals surface area contributed by atoms with E-state index >= 15 is 0 Å². The van der Waals surface area contributed by atoms with Gasteiger partial charge in [0, 0.05) is 22.8 Å². The van der Waals surface area contributed by atoms with Gasteiger partial charge in [-0.15, -0.1) is 11.3 Å². The maximum atomic E-state index is 5.63. The minimum absolute atomic E-state index is 0.460. The fraction of sp³-hybridized carbons (Fsp3) is 0.385. The standard InChI is InChI=1S/C13H17N3S/c1-9(5-6-14)13-12(16-10(2)17-13)11-4-3-7-15-8-11/h3-4,7-9H,5-6,14H2,1-2H3. The molecule has 1 unspecified atom stereocenters. The highest BCUT2D eigenvalue weighted by Gasteiger charge is 2.16. The van der Waals surface area contributed by atoms with Crippen molar-refractivity contribution >= 4 is 11.3 Å². The molecule has 0 aromatic carbocycles. The van der Waals surface area contributed by atoms with Crippen molar-refractivity contribution in [2.45, 2.75) is 26.2 Å². The highest BCUT2D eigenvalue weighted by atomic mass is 32.1. The average Bonchev–Trinajstić information content (AvgIpc) is 2.73. The third-order valence-electron chi connectivity index (χ3n) is 2.74. The van der Waals surface area contributed by atoms with Gasteiger partial charge in [-0.2, -0.15) is 0 Å². The lowest BCUT2D eigenvalue weighted by Gasteiger charge is -2.09. The van der Waals surface area contributed by atoms with Crippen LogP contribution in [0, 0.1) is 6.92 Å². The van der Waals surface area contributed by atoms with E-state index in [1.54, 1.807) is 17.5 Å². The Morgan fingerprint density at radius 3 is 2.94 bits per heavy atom. The van der Waals surface area contributed by atoms with Gasteiger partial charge in [0.1, 0.15) is 0 Å². The Morgan fingerprint density at radius 2 is 2.29 bits per heavy atom. The summed E-state index contributed by atoms with van der Waals surface area (Å²) in [6.07, 6.45) is 4.65. The van der Waals surface area contributed by atoms with Crippen LogP contribution in [0.5, 0.6) is 0 Å². The van der Waals surface area contributed by atoms with Crippen molar-refractivity contribution in [1.82, 2.24) is 9.97 Å². The molecule has 0 radical (unpaired) electrons. The summed E-state index contributed by atoms with van der Waals surface area (Å²) in [5, 5.41) is 1.10. The molecular weight excluding hydrogens is 230 g/mol. The molecule has 17 heavy (non-hydrogen) atoms. The second-order valence-corrected chi connectivity index (χ2v) is 5.40. The summed E-state index contributed by atoms with van der Waals surface area (Å²) in [5.41, 5.74) is 7.80. The largest absolute Gasteiger partial charge is 0.330 e. The number of aryl methyl sites for hydroxylation is 1. The molecule has 3 nitrogen and oxygen atoms in total. The number of thiazole rings is 1. The Morgan fingerprint density at radius 1 is 1.47 bits per heavy atom. The third kappa shape index (κ3) is 2.70. The van der Waals surface area contributed by atoms with Crippen molar-refractivity contribution in [2.24, 2.45) is 5.73 Å². The van der Waals surface area contributed by atoms with Crippen molar-refractivity contribution in [3.05, 3.63) is 34.4 Å². The van der Waals surface area contributed by atoms with Gasteiger partial charge in [-0.25, -0.2) is 4.98 Å². The van der Waals surface area contributed by atoms with Gasteiger partial charge >= 0.3 is 0 Å². The van der Waals surface area contributed by atoms with Gasteiger partial charge in [0.05, 0.1) is 10.7 Å². The van der Waals surface area contributed by atoms with Crippen molar-refractivity contribution in [3.8, 4) is 11.3 Å². The molecule has 0 bridgehead atoms. The normalized spacial score (nSPS) is 12.6. The van der Waals surface area contributed by atoms with Gasteiger partial charge in [-0.1, -0.05) is 6.92 Å². The maximum absolute atomic E-state index is 5.63. The molecule has 2 aromatic rings. The molecule has 2 rings (SSSR count). The molecule has 1 atom stereocenters. The van der Waals surface area contributed by atoms with Crippen LogP contribution < -0.4 is 5.73 Å². The Labute approximate surface area is 106 Å². The molecule has 0 aliphatic heterocycles. The Bertz CT molecular complexity index is 479. The predicted octanol–water partition coefficient (Wildman–Crippen LogP) is 2.97. The Hall–Kier alpha value is -1.26. The van der Waals surface area contributed by atoms with Crippen LogP contribution >= 0.6 is 11.3 Å². The first kappa shape index (κ1) is 12.2. The zero-order valence-electron chi connectivity index (χ0n) is 10.2. The first-order chi connectivity index (χ1) is 8.22. The van der Waals surface area contributed by atoms with Gasteiger partial charge in [-0.05, 0) is 37.9 Å². The summed E-state index contributed by atoms with van der Waals surface area (Å²) >= 11 is 1.76. The van der Waals surface area contributed by atoms with E-state index in [9.17, 15) is 0 Å². The number of hydrogen-bond donors (Lipinski definition) is 1. The average molecular weight is 247 g/mol. The second kappa shape index (κ2) is 5.38. The highest BCUT2D eigenvalue weighted by Crippen LogP contribution is 2.34. The van der Waals surface area contributed by atoms with E-state index in [2.05, 4.69) is 23.0 Å². The molecule has 4 heteroatoms. The van der Waals surface area contributed by atoms with E-state index in [4.69, 9.17) is 5.73 Å². The van der Waals surface area contributed by atoms with Crippen LogP contribution in [0.1, 0.15) is 29.1 Å². The van der Waals surface area contributed by atoms with E-state index in [-0.39, 0.29) is 0 Å². The third-order valence-corrected chi connectivity index (χ3v) is 3.94. The van der Waals surface area contributed by atoms with Crippen molar-refractivity contribution < 1.29 is 0 Å². The molecule has 0 aliphatic carbocycles. The Kier molecular flexibility index (Phi) is 3.86. The molecule has 90 valence electrons. The second-order valence-electron chi connectivity index (χ2n) is 4.17. The first-order valence-corrected chi connectivity index (χ1v) is 6.61. The van der Waals surface area contributed by atoms with Crippen LogP contribution in [0.2, 0.25) is 0 Å². The van der Waals surface area contributed by atoms with E-state index in [0.29, 0.717) is 12.5 Å². The van der Waals surface area contributed by atoms with Gasteiger partial charge in [-0.3, -0.25) is 4.98 Å². The lowest BCUT2D eigenvalue weighted by Crippen LogP contribution is -2.04. The zero-order chi connectivity index (χ0) is 12.3. The number of rotatable bonds is 4. The fourth-order valence-electron chi connectivity index (χ4n) is 1.87. The van der Waals surface area contributed by atoms with E-state index in [1.165, 1.54) is 4.88 Å². The van der Waals surface area contributed by atoms with Crippen LogP contribution in [0.4, 0.5) is 0 Å². The summed E-state index contributed by atoms with van der Waals surface area (Å²) in [6, 6.07) is 4.00. The first-order valence-electron chi connectivity index (χ1n) is 5.80. The lowest BCUT2D eigenvalue weighted by molar-refractivity contribution is 0.701. The van der Waals surface area contributed by atoms with Crippen LogP contribution in [0.15, 0.2) is 24.5 Å². The monoisotopic (exact) mass is 247 g/mol. The van der Waals surface area contributed by atoms with E-state index < -0.39 is 0 Å². The number of pyridine rings is 1. The SMILES string of the molecule is Cc1nc(-c2cccnc2)c(C(C)CCN)s1. The van der Waals surface area contributed by atoms with Crippen LogP contribution in [-0.2, 0) is 0 Å². The van der Waals surface area contributed by atoms with Crippen LogP contribution in [-0.4, -0.2) is 16.5 Å². The fourth-order valence-corrected chi connectivity index (χ4v) is 2.90. The summed E-state index contributed by atoms with van der Waals surface area (Å²) in [4.78, 5) is 10.1. The zero-order valence-corrected chi connectivity index (χ0v) is 11.0. The quantitative estimate of drug-likeness (QED) is 0.903. The minimum atomic E-state index is 0.460. The molecule has 2 aromatic heterocycles. The number of nitrogens with zero attached hydrogens (tertiary/aromatic N) is 2. The molecule has 0 saturated heterocycles. The topological polar surface area (TPSA) is 51.8 Å². The molecular formula is C13H17N3S. The summed E-state index contributed by atoms with van der Waals surface area (Å²) < 4.78 is 0. The highest BCUT2D eigenvalue weighted by molar-refractivity contribution is 7.12. The van der Waals surface area contributed by atoms with Crippen LogP contribution in [0.25, 0.3) is 11.3 Å². The molecule has 2 heterocycles. The van der Waals surface area contributed by atoms with Crippen molar-refractivity contribution in [2.75, 3.05) is 6.54 Å². The number of hydrogen-bond acceptors (Lipinski definition) is 4. The summed E-state index contributed by atoms with van der Waals surface area (Å²) in [7, 11) is 0. The van der Waals surface area contributed by atoms with Gasteiger partial charge in [0.25, 0.3) is 0 Å². The minimum Gasteiger partial charge on any atom is -0.330 e. The molecule has 0 saturated carbocycles. The summed E-state index contributed by atoms with van der Waals surface area (Å²) in [6.45, 7) is 4.97. The van der Waals surface area contributed by atoms with Crippen LogP contribution in [0.3, 0.4) is 0 Å². The molecule has 0 amide bonds. The number of aromatic nitrogens is 2. The summed E-state index contributed by atoms with van der Waals surface area (Å²) in [5.74, 6) is 0.460. The van der Waals surface area contributed by atoms with Crippen molar-refractivity contribution in [1.29, 1.82) is 0 Å². The maximum Gasteiger partial charge on any atom is 0.0904 e. The molecule has 0 spiro atoms. The molecule has 0 aliphatic rings. The van der Waals surface area contributed by atoms with E-state index in [0.717, 1.165) is 22.7 Å². The Balaban J connectivity index is 2.40. The number of nitrogens with two attached hydrogens (primary N) is 1. The molecule has 0 fully saturated rings. The lowest BCUT2D eigenvalue weighted by atomic mass is 10.0. The van der Waals surface area contributed by atoms with Crippen molar-refractivity contribution in [3.63, 3.8) is 0 Å². The van der Waals surface area contributed by atoms with Gasteiger partial charge < -0.3 is 5.73 Å². The van der Waals surface area contributed by atoms with Gasteiger partial charge in [0.15, 0.2) is 0 Å². The smallest absolute Gasteiger partial charge is 0.0904 e.